The second-order valence-corrected chi connectivity index (χ2v) is 3.58. The van der Waals surface area contributed by atoms with Gasteiger partial charge in [0.25, 0.3) is 0 Å². The van der Waals surface area contributed by atoms with Gasteiger partial charge < -0.3 is 15.8 Å². The summed E-state index contributed by atoms with van der Waals surface area (Å²) in [5, 5.41) is 2.53. The van der Waals surface area contributed by atoms with Gasteiger partial charge in [0.15, 0.2) is 0 Å². The Hall–Kier alpha value is -1.10. The van der Waals surface area contributed by atoms with Crippen molar-refractivity contribution >= 4 is 11.9 Å². The van der Waals surface area contributed by atoms with Gasteiger partial charge in [0.05, 0.1) is 12.6 Å². The second-order valence-electron chi connectivity index (χ2n) is 3.58. The van der Waals surface area contributed by atoms with Crippen molar-refractivity contribution in [2.45, 2.75) is 45.2 Å². The predicted octanol–water partition coefficient (Wildman–Crippen LogP) is 0.182. The zero-order valence-electron chi connectivity index (χ0n) is 9.79. The molecule has 0 aliphatic rings. The lowest BCUT2D eigenvalue weighted by Crippen LogP contribution is -2.56. The number of hydrogen-bond acceptors (Lipinski definition) is 4. The van der Waals surface area contributed by atoms with Crippen molar-refractivity contribution in [2.75, 3.05) is 7.11 Å². The van der Waals surface area contributed by atoms with E-state index in [9.17, 15) is 9.59 Å². The fourth-order valence-corrected chi connectivity index (χ4v) is 1.15. The number of hydrogen-bond donors (Lipinski definition) is 2. The third-order valence-corrected chi connectivity index (χ3v) is 2.62. The number of amides is 1. The van der Waals surface area contributed by atoms with Crippen LogP contribution in [0.2, 0.25) is 0 Å². The average molecular weight is 216 g/mol. The van der Waals surface area contributed by atoms with Crippen LogP contribution >= 0.6 is 0 Å². The minimum Gasteiger partial charge on any atom is -0.467 e. The van der Waals surface area contributed by atoms with E-state index in [1.807, 2.05) is 13.8 Å². The van der Waals surface area contributed by atoms with Crippen LogP contribution in [0, 0.1) is 0 Å². The van der Waals surface area contributed by atoms with Gasteiger partial charge in [0.1, 0.15) is 6.04 Å². The summed E-state index contributed by atoms with van der Waals surface area (Å²) in [7, 11) is 1.28. The van der Waals surface area contributed by atoms with Crippen molar-refractivity contribution in [3.8, 4) is 0 Å². The zero-order valence-corrected chi connectivity index (χ0v) is 9.79. The van der Waals surface area contributed by atoms with Gasteiger partial charge in [-0.15, -0.1) is 0 Å². The van der Waals surface area contributed by atoms with Crippen LogP contribution in [0.3, 0.4) is 0 Å². The number of carbonyl (C=O) groups is 2. The predicted molar refractivity (Wildman–Crippen MR) is 57.1 cm³/mol. The SMILES string of the molecule is CCC(N)(CC)C(=O)N[C@@H](C)C(=O)OC. The minimum absolute atomic E-state index is 0.314. The fourth-order valence-electron chi connectivity index (χ4n) is 1.15. The largest absolute Gasteiger partial charge is 0.467 e. The minimum atomic E-state index is -0.901. The topological polar surface area (TPSA) is 81.4 Å². The van der Waals surface area contributed by atoms with Crippen LogP contribution in [0.4, 0.5) is 0 Å². The normalized spacial score (nSPS) is 13.1. The van der Waals surface area contributed by atoms with Crippen molar-refractivity contribution in [3.05, 3.63) is 0 Å². The lowest BCUT2D eigenvalue weighted by Gasteiger charge is -2.26. The van der Waals surface area contributed by atoms with Gasteiger partial charge in [-0.05, 0) is 19.8 Å². The third-order valence-electron chi connectivity index (χ3n) is 2.62. The Kier molecular flexibility index (Phi) is 5.28. The van der Waals surface area contributed by atoms with E-state index in [0.29, 0.717) is 12.8 Å². The standard InChI is InChI=1S/C10H20N2O3/c1-5-10(11,6-2)9(14)12-7(3)8(13)15-4/h7H,5-6,11H2,1-4H3,(H,12,14)/t7-/m0/s1. The molecule has 0 aromatic rings. The Balaban J connectivity index is 4.42. The van der Waals surface area contributed by atoms with Crippen LogP contribution in [-0.4, -0.2) is 30.6 Å². The molecule has 15 heavy (non-hydrogen) atoms. The van der Waals surface area contributed by atoms with Crippen LogP contribution in [-0.2, 0) is 14.3 Å². The van der Waals surface area contributed by atoms with E-state index in [-0.39, 0.29) is 5.91 Å². The smallest absolute Gasteiger partial charge is 0.328 e. The molecule has 0 aromatic carbocycles. The molecule has 0 rings (SSSR count). The summed E-state index contributed by atoms with van der Waals surface area (Å²) in [5.41, 5.74) is 4.97. The maximum atomic E-state index is 11.7. The van der Waals surface area contributed by atoms with Crippen LogP contribution < -0.4 is 11.1 Å². The van der Waals surface area contributed by atoms with Crippen molar-refractivity contribution in [3.63, 3.8) is 0 Å². The summed E-state index contributed by atoms with van der Waals surface area (Å²) in [6.07, 6.45) is 1.06. The molecule has 0 saturated carbocycles. The number of carbonyl (C=O) groups excluding carboxylic acids is 2. The molecule has 0 bridgehead atoms. The highest BCUT2D eigenvalue weighted by Gasteiger charge is 2.31. The number of methoxy groups -OCH3 is 1. The first-order chi connectivity index (χ1) is 6.91. The Morgan fingerprint density at radius 3 is 2.20 bits per heavy atom. The first-order valence-corrected chi connectivity index (χ1v) is 5.09. The van der Waals surface area contributed by atoms with Crippen molar-refractivity contribution in [2.24, 2.45) is 5.73 Å². The Labute approximate surface area is 90.4 Å². The molecule has 0 spiro atoms. The van der Waals surface area contributed by atoms with Gasteiger partial charge >= 0.3 is 5.97 Å². The van der Waals surface area contributed by atoms with Gasteiger partial charge in [0.2, 0.25) is 5.91 Å². The molecule has 1 atom stereocenters. The average Bonchev–Trinajstić information content (AvgIpc) is 2.26. The van der Waals surface area contributed by atoms with Gasteiger partial charge in [-0.25, -0.2) is 4.79 Å². The van der Waals surface area contributed by atoms with E-state index < -0.39 is 17.6 Å². The molecule has 0 saturated heterocycles. The summed E-state index contributed by atoms with van der Waals surface area (Å²) in [4.78, 5) is 22.8. The van der Waals surface area contributed by atoms with Gasteiger partial charge in [-0.2, -0.15) is 0 Å². The summed E-state index contributed by atoms with van der Waals surface area (Å²) in [6.45, 7) is 5.24. The van der Waals surface area contributed by atoms with E-state index in [0.717, 1.165) is 0 Å². The van der Waals surface area contributed by atoms with Crippen LogP contribution in [0.1, 0.15) is 33.6 Å². The molecule has 0 heterocycles. The van der Waals surface area contributed by atoms with E-state index in [2.05, 4.69) is 10.1 Å². The highest BCUT2D eigenvalue weighted by Crippen LogP contribution is 2.11. The lowest BCUT2D eigenvalue weighted by atomic mass is 9.93. The molecule has 1 amide bonds. The quantitative estimate of drug-likeness (QED) is 0.642. The maximum absolute atomic E-state index is 11.7. The number of nitrogens with two attached hydrogens (primary N) is 1. The molecule has 3 N–H and O–H groups in total. The van der Waals surface area contributed by atoms with Crippen LogP contribution in [0.5, 0.6) is 0 Å². The van der Waals surface area contributed by atoms with E-state index in [1.54, 1.807) is 6.92 Å². The van der Waals surface area contributed by atoms with E-state index in [4.69, 9.17) is 5.73 Å². The first-order valence-electron chi connectivity index (χ1n) is 5.09. The number of esters is 1. The van der Waals surface area contributed by atoms with Gasteiger partial charge in [-0.1, -0.05) is 13.8 Å². The molecule has 5 heteroatoms. The summed E-state index contributed by atoms with van der Waals surface area (Å²) < 4.78 is 4.50. The summed E-state index contributed by atoms with van der Waals surface area (Å²) >= 11 is 0. The molecular formula is C10H20N2O3. The molecule has 0 fully saturated rings. The third kappa shape index (κ3) is 3.51. The van der Waals surface area contributed by atoms with Gasteiger partial charge in [0, 0.05) is 0 Å². The number of nitrogens with one attached hydrogen (secondary N) is 1. The Morgan fingerprint density at radius 1 is 1.40 bits per heavy atom. The Morgan fingerprint density at radius 2 is 1.87 bits per heavy atom. The molecule has 0 unspecified atom stereocenters. The molecule has 0 radical (unpaired) electrons. The molecule has 5 nitrogen and oxygen atoms in total. The summed E-state index contributed by atoms with van der Waals surface area (Å²) in [6, 6.07) is -0.663. The highest BCUT2D eigenvalue weighted by molar-refractivity contribution is 5.90. The van der Waals surface area contributed by atoms with Crippen molar-refractivity contribution in [1.82, 2.24) is 5.32 Å². The van der Waals surface area contributed by atoms with Gasteiger partial charge in [-0.3, -0.25) is 4.79 Å². The molecule has 0 aliphatic heterocycles. The van der Waals surface area contributed by atoms with Crippen LogP contribution in [0.25, 0.3) is 0 Å². The maximum Gasteiger partial charge on any atom is 0.328 e. The molecule has 0 aliphatic carbocycles. The first kappa shape index (κ1) is 13.9. The molecular weight excluding hydrogens is 196 g/mol. The van der Waals surface area contributed by atoms with Crippen LogP contribution in [0.15, 0.2) is 0 Å². The lowest BCUT2D eigenvalue weighted by molar-refractivity contribution is -0.145. The highest BCUT2D eigenvalue weighted by atomic mass is 16.5. The monoisotopic (exact) mass is 216 g/mol. The fraction of sp³-hybridized carbons (Fsp3) is 0.800. The molecule has 88 valence electrons. The Bertz CT molecular complexity index is 237. The molecule has 0 aromatic heterocycles. The summed E-state index contributed by atoms with van der Waals surface area (Å²) in [5.74, 6) is -0.789. The number of ether oxygens (including phenoxy) is 1. The van der Waals surface area contributed by atoms with E-state index in [1.165, 1.54) is 7.11 Å². The van der Waals surface area contributed by atoms with E-state index >= 15 is 0 Å². The zero-order chi connectivity index (χ0) is 12.1. The van der Waals surface area contributed by atoms with Crippen molar-refractivity contribution < 1.29 is 14.3 Å². The van der Waals surface area contributed by atoms with Crippen molar-refractivity contribution in [1.29, 1.82) is 0 Å². The number of rotatable bonds is 5. The second kappa shape index (κ2) is 5.70.